The Morgan fingerprint density at radius 1 is 1.53 bits per heavy atom. The third-order valence-corrected chi connectivity index (χ3v) is 2.97. The summed E-state index contributed by atoms with van der Waals surface area (Å²) in [7, 11) is 0. The highest BCUT2D eigenvalue weighted by atomic mass is 19.1. The van der Waals surface area contributed by atoms with Crippen molar-refractivity contribution < 1.29 is 13.9 Å². The van der Waals surface area contributed by atoms with E-state index in [-0.39, 0.29) is 18.0 Å². The first-order valence-corrected chi connectivity index (χ1v) is 5.94. The molecule has 1 aliphatic rings. The molecule has 0 saturated carbocycles. The molecule has 1 aliphatic heterocycles. The van der Waals surface area contributed by atoms with E-state index in [1.807, 2.05) is 13.0 Å². The Labute approximate surface area is 101 Å². The van der Waals surface area contributed by atoms with Gasteiger partial charge in [-0.15, -0.1) is 0 Å². The van der Waals surface area contributed by atoms with Crippen LogP contribution in [0, 0.1) is 5.82 Å². The van der Waals surface area contributed by atoms with Gasteiger partial charge in [-0.05, 0) is 31.0 Å². The molecule has 1 fully saturated rings. The molecule has 4 heteroatoms. The van der Waals surface area contributed by atoms with Crippen LogP contribution in [-0.4, -0.2) is 26.0 Å². The van der Waals surface area contributed by atoms with Gasteiger partial charge in [0.05, 0.1) is 12.7 Å². The van der Waals surface area contributed by atoms with Gasteiger partial charge in [0.2, 0.25) is 0 Å². The van der Waals surface area contributed by atoms with E-state index in [9.17, 15) is 4.39 Å². The van der Waals surface area contributed by atoms with Crippen molar-refractivity contribution in [2.75, 3.05) is 19.9 Å². The molecule has 17 heavy (non-hydrogen) atoms. The lowest BCUT2D eigenvalue weighted by molar-refractivity contribution is -0.137. The molecule has 1 N–H and O–H groups in total. The van der Waals surface area contributed by atoms with Crippen LogP contribution < -0.4 is 5.32 Å². The Morgan fingerprint density at radius 3 is 3.12 bits per heavy atom. The van der Waals surface area contributed by atoms with Crippen LogP contribution in [0.5, 0.6) is 0 Å². The minimum absolute atomic E-state index is 0.122. The standard InChI is InChI=1S/C13H18FNO2/c1-10(11-3-2-4-12(14)7-11)15-8-13-5-6-16-9-17-13/h2-4,7,10,13,15H,5-6,8-9H2,1H3/t10-,13?/m0/s1. The fraction of sp³-hybridized carbons (Fsp3) is 0.538. The summed E-state index contributed by atoms with van der Waals surface area (Å²) in [6.07, 6.45) is 1.10. The number of benzene rings is 1. The molecule has 0 amide bonds. The molecule has 0 aliphatic carbocycles. The average Bonchev–Trinajstić information content (AvgIpc) is 2.37. The number of halogens is 1. The van der Waals surface area contributed by atoms with Gasteiger partial charge in [0.1, 0.15) is 12.6 Å². The number of hydrogen-bond donors (Lipinski definition) is 1. The molecule has 2 rings (SSSR count). The number of nitrogens with one attached hydrogen (secondary N) is 1. The van der Waals surface area contributed by atoms with Crippen LogP contribution in [0.2, 0.25) is 0 Å². The summed E-state index contributed by atoms with van der Waals surface area (Å²) in [6.45, 7) is 3.91. The number of ether oxygens (including phenoxy) is 2. The maximum atomic E-state index is 13.1. The molecule has 0 bridgehead atoms. The second-order valence-corrected chi connectivity index (χ2v) is 4.29. The van der Waals surface area contributed by atoms with Crippen molar-refractivity contribution in [1.82, 2.24) is 5.32 Å². The van der Waals surface area contributed by atoms with E-state index < -0.39 is 0 Å². The molecule has 1 heterocycles. The van der Waals surface area contributed by atoms with Gasteiger partial charge in [-0.2, -0.15) is 0 Å². The van der Waals surface area contributed by atoms with Crippen molar-refractivity contribution in [2.24, 2.45) is 0 Å². The fourth-order valence-corrected chi connectivity index (χ4v) is 1.86. The lowest BCUT2D eigenvalue weighted by Gasteiger charge is -2.25. The Hall–Kier alpha value is -0.970. The van der Waals surface area contributed by atoms with Gasteiger partial charge >= 0.3 is 0 Å². The third-order valence-electron chi connectivity index (χ3n) is 2.97. The highest BCUT2D eigenvalue weighted by Crippen LogP contribution is 2.14. The summed E-state index contributed by atoms with van der Waals surface area (Å²) in [5, 5.41) is 3.35. The van der Waals surface area contributed by atoms with Crippen molar-refractivity contribution in [3.05, 3.63) is 35.6 Å². The van der Waals surface area contributed by atoms with Gasteiger partial charge in [-0.25, -0.2) is 4.39 Å². The van der Waals surface area contributed by atoms with Gasteiger partial charge in [0.25, 0.3) is 0 Å². The Morgan fingerprint density at radius 2 is 2.41 bits per heavy atom. The van der Waals surface area contributed by atoms with Gasteiger partial charge in [0, 0.05) is 12.6 Å². The summed E-state index contributed by atoms with van der Waals surface area (Å²) in [5.41, 5.74) is 0.956. The maximum absolute atomic E-state index is 13.1. The van der Waals surface area contributed by atoms with Crippen LogP contribution in [0.3, 0.4) is 0 Å². The minimum Gasteiger partial charge on any atom is -0.355 e. The van der Waals surface area contributed by atoms with E-state index in [0.717, 1.165) is 25.1 Å². The Balaban J connectivity index is 1.82. The Bertz CT molecular complexity index is 353. The van der Waals surface area contributed by atoms with Crippen molar-refractivity contribution >= 4 is 0 Å². The normalized spacial score (nSPS) is 22.4. The zero-order valence-electron chi connectivity index (χ0n) is 9.99. The van der Waals surface area contributed by atoms with E-state index >= 15 is 0 Å². The zero-order valence-corrected chi connectivity index (χ0v) is 9.99. The largest absolute Gasteiger partial charge is 0.355 e. The molecule has 3 nitrogen and oxygen atoms in total. The Kier molecular flexibility index (Phi) is 4.48. The first kappa shape index (κ1) is 12.5. The first-order chi connectivity index (χ1) is 8.25. The van der Waals surface area contributed by atoms with Crippen LogP contribution in [0.15, 0.2) is 24.3 Å². The average molecular weight is 239 g/mol. The molecule has 1 aromatic rings. The molecule has 1 saturated heterocycles. The zero-order chi connectivity index (χ0) is 12.1. The van der Waals surface area contributed by atoms with Crippen LogP contribution in [0.4, 0.5) is 4.39 Å². The molecule has 94 valence electrons. The third kappa shape index (κ3) is 3.77. The summed E-state index contributed by atoms with van der Waals surface area (Å²) in [5.74, 6) is -0.196. The second-order valence-electron chi connectivity index (χ2n) is 4.29. The van der Waals surface area contributed by atoms with Crippen molar-refractivity contribution in [1.29, 1.82) is 0 Å². The van der Waals surface area contributed by atoms with Crippen LogP contribution >= 0.6 is 0 Å². The quantitative estimate of drug-likeness (QED) is 0.874. The molecular weight excluding hydrogens is 221 g/mol. The smallest absolute Gasteiger partial charge is 0.147 e. The number of rotatable bonds is 4. The van der Waals surface area contributed by atoms with Crippen molar-refractivity contribution in [3.63, 3.8) is 0 Å². The van der Waals surface area contributed by atoms with E-state index in [0.29, 0.717) is 6.79 Å². The maximum Gasteiger partial charge on any atom is 0.147 e. The lowest BCUT2D eigenvalue weighted by Crippen LogP contribution is -2.35. The van der Waals surface area contributed by atoms with Crippen molar-refractivity contribution in [2.45, 2.75) is 25.5 Å². The predicted octanol–water partition coefficient (Wildman–Crippen LogP) is 2.24. The van der Waals surface area contributed by atoms with Crippen LogP contribution in [-0.2, 0) is 9.47 Å². The predicted molar refractivity (Wildman–Crippen MR) is 63.1 cm³/mol. The summed E-state index contributed by atoms with van der Waals surface area (Å²) >= 11 is 0. The van der Waals surface area contributed by atoms with Crippen LogP contribution in [0.1, 0.15) is 24.9 Å². The van der Waals surface area contributed by atoms with Crippen LogP contribution in [0.25, 0.3) is 0 Å². The SMILES string of the molecule is C[C@H](NCC1CCOCO1)c1cccc(F)c1. The lowest BCUT2D eigenvalue weighted by atomic mass is 10.1. The van der Waals surface area contributed by atoms with E-state index in [1.165, 1.54) is 6.07 Å². The minimum atomic E-state index is -0.196. The van der Waals surface area contributed by atoms with Crippen molar-refractivity contribution in [3.8, 4) is 0 Å². The molecule has 0 spiro atoms. The molecule has 1 aromatic carbocycles. The molecular formula is C13H18FNO2. The molecule has 2 atom stereocenters. The van der Waals surface area contributed by atoms with Gasteiger partial charge < -0.3 is 14.8 Å². The van der Waals surface area contributed by atoms with Gasteiger partial charge in [-0.3, -0.25) is 0 Å². The topological polar surface area (TPSA) is 30.5 Å². The first-order valence-electron chi connectivity index (χ1n) is 5.94. The summed E-state index contributed by atoms with van der Waals surface area (Å²) in [4.78, 5) is 0. The second kappa shape index (κ2) is 6.10. The summed E-state index contributed by atoms with van der Waals surface area (Å²) in [6, 6.07) is 6.79. The molecule has 1 unspecified atom stereocenters. The number of hydrogen-bond acceptors (Lipinski definition) is 3. The summed E-state index contributed by atoms with van der Waals surface area (Å²) < 4.78 is 23.6. The van der Waals surface area contributed by atoms with E-state index in [4.69, 9.17) is 9.47 Å². The fourth-order valence-electron chi connectivity index (χ4n) is 1.86. The molecule has 0 aromatic heterocycles. The van der Waals surface area contributed by atoms with E-state index in [1.54, 1.807) is 12.1 Å². The highest BCUT2D eigenvalue weighted by Gasteiger charge is 2.15. The van der Waals surface area contributed by atoms with Gasteiger partial charge in [0.15, 0.2) is 0 Å². The monoisotopic (exact) mass is 239 g/mol. The van der Waals surface area contributed by atoms with Gasteiger partial charge in [-0.1, -0.05) is 12.1 Å². The van der Waals surface area contributed by atoms with E-state index in [2.05, 4.69) is 5.32 Å². The molecule has 0 radical (unpaired) electrons. The highest BCUT2D eigenvalue weighted by molar-refractivity contribution is 5.19.